The van der Waals surface area contributed by atoms with Gasteiger partial charge in [-0.1, -0.05) is 42.5 Å². The van der Waals surface area contributed by atoms with Crippen molar-refractivity contribution in [1.82, 2.24) is 4.72 Å². The highest BCUT2D eigenvalue weighted by atomic mass is 32.2. The second-order valence-corrected chi connectivity index (χ2v) is 5.93. The normalized spacial score (nSPS) is 22.3. The molecule has 1 unspecified atom stereocenters. The zero-order chi connectivity index (χ0) is 13.9. The van der Waals surface area contributed by atoms with Gasteiger partial charge < -0.3 is 5.73 Å². The first-order valence-corrected chi connectivity index (χ1v) is 7.18. The first-order valence-electron chi connectivity index (χ1n) is 5.70. The molecule has 19 heavy (non-hydrogen) atoms. The summed E-state index contributed by atoms with van der Waals surface area (Å²) in [4.78, 5) is 11.7. The van der Waals surface area contributed by atoms with Gasteiger partial charge in [0.2, 0.25) is 15.9 Å². The predicted octanol–water partition coefficient (Wildman–Crippen LogP) is 0.705. The van der Waals surface area contributed by atoms with Gasteiger partial charge in [-0.25, -0.2) is 8.42 Å². The minimum absolute atomic E-state index is 0.0959. The molecule has 2 rings (SSSR count). The van der Waals surface area contributed by atoms with Crippen molar-refractivity contribution in [2.24, 2.45) is 5.73 Å². The van der Waals surface area contributed by atoms with Crippen LogP contribution in [0.1, 0.15) is 6.42 Å². The number of amides is 1. The van der Waals surface area contributed by atoms with E-state index in [0.29, 0.717) is 0 Å². The fourth-order valence-corrected chi connectivity index (χ4v) is 3.19. The minimum Gasteiger partial charge on any atom is -0.368 e. The molecule has 0 aromatic heterocycles. The number of benzene rings is 1. The number of nitrogens with two attached hydrogens (primary N) is 1. The quantitative estimate of drug-likeness (QED) is 0.849. The van der Waals surface area contributed by atoms with E-state index in [1.807, 2.05) is 0 Å². The summed E-state index contributed by atoms with van der Waals surface area (Å²) < 4.78 is 26.9. The smallest absolute Gasteiger partial charge is 0.243 e. The Morgan fingerprint density at radius 3 is 2.42 bits per heavy atom. The number of sulfonamides is 1. The van der Waals surface area contributed by atoms with Gasteiger partial charge in [-0.3, -0.25) is 4.79 Å². The zero-order valence-corrected chi connectivity index (χ0v) is 10.9. The SMILES string of the molecule is NC(=O)C1(NS(=O)(=O)c2ccccc2)C=CC=CC1. The number of carbonyl (C=O) groups excluding carboxylic acids is 1. The lowest BCUT2D eigenvalue weighted by molar-refractivity contribution is -0.122. The fraction of sp³-hybridized carbons (Fsp3) is 0.154. The standard InChI is InChI=1S/C13H14N2O3S/c14-12(16)13(9-5-2-6-10-13)15-19(17,18)11-7-3-1-4-8-11/h1-9,15H,10H2,(H2,14,16). The molecule has 0 radical (unpaired) electrons. The van der Waals surface area contributed by atoms with Crippen LogP contribution >= 0.6 is 0 Å². The van der Waals surface area contributed by atoms with Crippen LogP contribution in [0.2, 0.25) is 0 Å². The zero-order valence-electron chi connectivity index (χ0n) is 10.1. The summed E-state index contributed by atoms with van der Waals surface area (Å²) in [6.45, 7) is 0. The lowest BCUT2D eigenvalue weighted by Gasteiger charge is -2.28. The molecular weight excluding hydrogens is 264 g/mol. The molecule has 5 nitrogen and oxygen atoms in total. The van der Waals surface area contributed by atoms with E-state index in [4.69, 9.17) is 5.73 Å². The number of hydrogen-bond acceptors (Lipinski definition) is 3. The average molecular weight is 278 g/mol. The molecule has 100 valence electrons. The van der Waals surface area contributed by atoms with E-state index >= 15 is 0 Å². The second kappa shape index (κ2) is 4.99. The van der Waals surface area contributed by atoms with E-state index < -0.39 is 21.5 Å². The summed E-state index contributed by atoms with van der Waals surface area (Å²) in [5.41, 5.74) is 3.94. The minimum atomic E-state index is -3.80. The van der Waals surface area contributed by atoms with Gasteiger partial charge in [0.25, 0.3) is 0 Å². The van der Waals surface area contributed by atoms with Crippen molar-refractivity contribution < 1.29 is 13.2 Å². The van der Waals surface area contributed by atoms with Crippen molar-refractivity contribution in [3.63, 3.8) is 0 Å². The molecule has 3 N–H and O–H groups in total. The van der Waals surface area contributed by atoms with Crippen LogP contribution in [0.25, 0.3) is 0 Å². The van der Waals surface area contributed by atoms with Crippen molar-refractivity contribution in [3.8, 4) is 0 Å². The van der Waals surface area contributed by atoms with Crippen molar-refractivity contribution in [1.29, 1.82) is 0 Å². The van der Waals surface area contributed by atoms with Gasteiger partial charge in [0.1, 0.15) is 5.54 Å². The van der Waals surface area contributed by atoms with Gasteiger partial charge >= 0.3 is 0 Å². The maximum Gasteiger partial charge on any atom is 0.243 e. The molecule has 0 saturated carbocycles. The third-order valence-corrected chi connectivity index (χ3v) is 4.40. The number of hydrogen-bond donors (Lipinski definition) is 2. The molecule has 0 aliphatic heterocycles. The third-order valence-electron chi connectivity index (χ3n) is 2.88. The Morgan fingerprint density at radius 2 is 1.89 bits per heavy atom. The predicted molar refractivity (Wildman–Crippen MR) is 71.6 cm³/mol. The van der Waals surface area contributed by atoms with Gasteiger partial charge in [0.15, 0.2) is 0 Å². The molecule has 1 aliphatic carbocycles. The number of carbonyl (C=O) groups is 1. The summed E-state index contributed by atoms with van der Waals surface area (Å²) in [5, 5.41) is 0. The first-order chi connectivity index (χ1) is 8.96. The van der Waals surface area contributed by atoms with E-state index in [0.717, 1.165) is 0 Å². The van der Waals surface area contributed by atoms with Gasteiger partial charge in [-0.15, -0.1) is 0 Å². The molecule has 1 amide bonds. The van der Waals surface area contributed by atoms with Gasteiger partial charge in [0, 0.05) is 0 Å². The highest BCUT2D eigenvalue weighted by Crippen LogP contribution is 2.21. The fourth-order valence-electron chi connectivity index (χ4n) is 1.83. The average Bonchev–Trinajstić information content (AvgIpc) is 2.40. The Hall–Kier alpha value is -1.92. The van der Waals surface area contributed by atoms with Gasteiger partial charge in [-0.2, -0.15) is 4.72 Å². The van der Waals surface area contributed by atoms with Crippen LogP contribution in [-0.4, -0.2) is 19.9 Å². The molecular formula is C13H14N2O3S. The second-order valence-electron chi connectivity index (χ2n) is 4.25. The van der Waals surface area contributed by atoms with Gasteiger partial charge in [-0.05, 0) is 18.6 Å². The van der Waals surface area contributed by atoms with E-state index in [1.165, 1.54) is 18.2 Å². The van der Waals surface area contributed by atoms with Crippen LogP contribution in [0.15, 0.2) is 59.5 Å². The number of primary amides is 1. The van der Waals surface area contributed by atoms with Crippen molar-refractivity contribution >= 4 is 15.9 Å². The summed E-state index contributed by atoms with van der Waals surface area (Å²) in [7, 11) is -3.80. The Labute approximate surface area is 111 Å². The van der Waals surface area contributed by atoms with Crippen LogP contribution in [-0.2, 0) is 14.8 Å². The Balaban J connectivity index is 2.36. The van der Waals surface area contributed by atoms with Gasteiger partial charge in [0.05, 0.1) is 4.90 Å². The number of nitrogens with one attached hydrogen (secondary N) is 1. The van der Waals surface area contributed by atoms with E-state index in [1.54, 1.807) is 36.4 Å². The van der Waals surface area contributed by atoms with Crippen LogP contribution < -0.4 is 10.5 Å². The Bertz CT molecular complexity index is 635. The largest absolute Gasteiger partial charge is 0.368 e. The highest BCUT2D eigenvalue weighted by Gasteiger charge is 2.38. The Kier molecular flexibility index (Phi) is 3.55. The Morgan fingerprint density at radius 1 is 1.21 bits per heavy atom. The number of allylic oxidation sites excluding steroid dienone is 2. The molecule has 1 aromatic rings. The monoisotopic (exact) mass is 278 g/mol. The molecule has 0 fully saturated rings. The molecule has 0 saturated heterocycles. The summed E-state index contributed by atoms with van der Waals surface area (Å²) in [6.07, 6.45) is 6.69. The van der Waals surface area contributed by atoms with E-state index in [9.17, 15) is 13.2 Å². The van der Waals surface area contributed by atoms with Crippen LogP contribution in [0, 0.1) is 0 Å². The molecule has 1 aliphatic rings. The van der Waals surface area contributed by atoms with Crippen molar-refractivity contribution in [2.45, 2.75) is 16.9 Å². The maximum absolute atomic E-state index is 12.2. The van der Waals surface area contributed by atoms with Crippen molar-refractivity contribution in [3.05, 3.63) is 54.6 Å². The number of rotatable bonds is 4. The molecule has 1 aromatic carbocycles. The highest BCUT2D eigenvalue weighted by molar-refractivity contribution is 7.89. The first kappa shape index (κ1) is 13.5. The molecule has 0 spiro atoms. The lowest BCUT2D eigenvalue weighted by atomic mass is 9.92. The molecule has 0 heterocycles. The van der Waals surface area contributed by atoms with Crippen molar-refractivity contribution in [2.75, 3.05) is 0 Å². The van der Waals surface area contributed by atoms with E-state index in [-0.39, 0.29) is 11.3 Å². The lowest BCUT2D eigenvalue weighted by Crippen LogP contribution is -2.56. The summed E-state index contributed by atoms with van der Waals surface area (Å²) >= 11 is 0. The maximum atomic E-state index is 12.2. The third kappa shape index (κ3) is 2.74. The summed E-state index contributed by atoms with van der Waals surface area (Å²) in [5.74, 6) is -0.729. The molecule has 6 heteroatoms. The topological polar surface area (TPSA) is 89.3 Å². The summed E-state index contributed by atoms with van der Waals surface area (Å²) in [6, 6.07) is 7.86. The van der Waals surface area contributed by atoms with Crippen LogP contribution in [0.4, 0.5) is 0 Å². The molecule has 1 atom stereocenters. The van der Waals surface area contributed by atoms with Crippen LogP contribution in [0.5, 0.6) is 0 Å². The molecule has 0 bridgehead atoms. The van der Waals surface area contributed by atoms with Crippen LogP contribution in [0.3, 0.4) is 0 Å². The van der Waals surface area contributed by atoms with E-state index in [2.05, 4.69) is 4.72 Å².